The smallest absolute Gasteiger partial charge is 0.256 e. The first-order chi connectivity index (χ1) is 19.7. The molecule has 43 heavy (non-hydrogen) atoms. The number of likely N-dealkylation sites (N-methyl/N-ethyl adjacent to an activating group) is 1. The predicted molar refractivity (Wildman–Crippen MR) is 156 cm³/mol. The minimum atomic E-state index is -3.09. The van der Waals surface area contributed by atoms with E-state index in [2.05, 4.69) is 10.6 Å². The largest absolute Gasteiger partial charge is 0.507 e. The Balaban J connectivity index is 1.91. The fraction of sp³-hybridized carbons (Fsp3) is 0.517. The Morgan fingerprint density at radius 1 is 1.07 bits per heavy atom. The molecule has 2 amide bonds. The van der Waals surface area contributed by atoms with Crippen molar-refractivity contribution in [2.45, 2.75) is 50.5 Å². The zero-order chi connectivity index (χ0) is 32.6. The highest BCUT2D eigenvalue weighted by molar-refractivity contribution is 6.33. The minimum Gasteiger partial charge on any atom is -0.507 e. The number of nitrogens with one attached hydrogen (secondary N) is 2. The normalized spacial score (nSPS) is 27.1. The van der Waals surface area contributed by atoms with Crippen LogP contribution in [-0.4, -0.2) is 105 Å². The number of aromatic hydroxyl groups is 1. The third-order valence-corrected chi connectivity index (χ3v) is 8.46. The monoisotopic (exact) mass is 601 g/mol. The molecule has 1 saturated carbocycles. The van der Waals surface area contributed by atoms with Crippen LogP contribution in [-0.2, 0) is 25.6 Å². The van der Waals surface area contributed by atoms with Gasteiger partial charge in [-0.1, -0.05) is 0 Å². The van der Waals surface area contributed by atoms with Gasteiger partial charge >= 0.3 is 0 Å². The number of primary amides is 1. The molecule has 1 fully saturated rings. The number of hydrogen-bond acceptors (Lipinski definition) is 12. The number of nitrogens with two attached hydrogens (primary N) is 1. The molecular formula is C29H39N5O9. The summed E-state index contributed by atoms with van der Waals surface area (Å²) in [6.07, 6.45) is -0.277. The fourth-order valence-corrected chi connectivity index (χ4v) is 6.30. The van der Waals surface area contributed by atoms with Gasteiger partial charge in [0.2, 0.25) is 17.5 Å². The SMILES string of the molecule is CN(C)c1cc(NC(=O)CNC(C)(C)C)c(O)c2c1C[C@H]1C[C@H]3C(O)(N(C)C)C(O)=C(C(N)=O)C(=O)[C@@]3(O)C(=O)C1=C2O. The number of aliphatic hydroxyl groups excluding tert-OH is 2. The molecule has 0 bridgehead atoms. The molecule has 4 atom stereocenters. The van der Waals surface area contributed by atoms with Crippen LogP contribution in [0.2, 0.25) is 0 Å². The van der Waals surface area contributed by atoms with E-state index in [0.29, 0.717) is 11.3 Å². The molecule has 0 saturated heterocycles. The highest BCUT2D eigenvalue weighted by Crippen LogP contribution is 2.56. The van der Waals surface area contributed by atoms with Crippen LogP contribution in [0.3, 0.4) is 0 Å². The van der Waals surface area contributed by atoms with Gasteiger partial charge in [-0.05, 0) is 65.3 Å². The van der Waals surface area contributed by atoms with Crippen molar-refractivity contribution in [3.05, 3.63) is 34.1 Å². The van der Waals surface area contributed by atoms with E-state index in [0.717, 1.165) is 4.90 Å². The van der Waals surface area contributed by atoms with Gasteiger partial charge in [0.1, 0.15) is 17.1 Å². The van der Waals surface area contributed by atoms with Crippen molar-refractivity contribution in [1.82, 2.24) is 10.2 Å². The molecule has 0 spiro atoms. The lowest BCUT2D eigenvalue weighted by Gasteiger charge is -2.53. The Labute approximate surface area is 248 Å². The van der Waals surface area contributed by atoms with Crippen LogP contribution in [0.25, 0.3) is 5.76 Å². The third kappa shape index (κ3) is 4.74. The van der Waals surface area contributed by atoms with Crippen LogP contribution >= 0.6 is 0 Å². The van der Waals surface area contributed by atoms with Crippen LogP contribution < -0.4 is 21.3 Å². The Morgan fingerprint density at radius 3 is 2.19 bits per heavy atom. The average Bonchev–Trinajstić information content (AvgIpc) is 2.88. The number of benzene rings is 1. The van der Waals surface area contributed by atoms with E-state index in [1.165, 1.54) is 20.2 Å². The number of aliphatic hydroxyl groups is 4. The topological polar surface area (TPSA) is 226 Å². The lowest BCUT2D eigenvalue weighted by Crippen LogP contribution is -2.72. The summed E-state index contributed by atoms with van der Waals surface area (Å²) in [4.78, 5) is 55.2. The Bertz CT molecular complexity index is 1510. The fourth-order valence-electron chi connectivity index (χ4n) is 6.30. The summed E-state index contributed by atoms with van der Waals surface area (Å²) in [5.74, 6) is -9.66. The second-order valence-corrected chi connectivity index (χ2v) is 12.8. The first-order valence-electron chi connectivity index (χ1n) is 13.7. The maximum Gasteiger partial charge on any atom is 0.256 e. The molecule has 1 aromatic carbocycles. The van der Waals surface area contributed by atoms with E-state index in [1.807, 2.05) is 20.8 Å². The number of carbonyl (C=O) groups excluding carboxylic acids is 4. The zero-order valence-corrected chi connectivity index (χ0v) is 25.2. The van der Waals surface area contributed by atoms with Crippen molar-refractivity contribution < 1.29 is 44.7 Å². The molecule has 0 heterocycles. The zero-order valence-electron chi connectivity index (χ0n) is 25.2. The molecular weight excluding hydrogens is 562 g/mol. The molecule has 1 unspecified atom stereocenters. The molecule has 234 valence electrons. The summed E-state index contributed by atoms with van der Waals surface area (Å²) in [6, 6.07) is 1.52. The number of ketones is 2. The van der Waals surface area contributed by atoms with Crippen molar-refractivity contribution in [2.75, 3.05) is 45.0 Å². The van der Waals surface area contributed by atoms with Gasteiger partial charge in [0, 0.05) is 30.9 Å². The van der Waals surface area contributed by atoms with Crippen LogP contribution in [0.15, 0.2) is 23.0 Å². The maximum atomic E-state index is 14.1. The summed E-state index contributed by atoms with van der Waals surface area (Å²) in [6.45, 7) is 5.54. The summed E-state index contributed by atoms with van der Waals surface area (Å²) in [5, 5.41) is 62.8. The average molecular weight is 602 g/mol. The van der Waals surface area contributed by atoms with Gasteiger partial charge in [0.25, 0.3) is 5.91 Å². The summed E-state index contributed by atoms with van der Waals surface area (Å²) in [5.41, 5.74) is -1.54. The number of carbonyl (C=O) groups is 4. The minimum absolute atomic E-state index is 0.0127. The Kier molecular flexibility index (Phi) is 7.67. The Morgan fingerprint density at radius 2 is 1.67 bits per heavy atom. The molecule has 14 heteroatoms. The maximum absolute atomic E-state index is 14.1. The molecule has 3 aliphatic carbocycles. The molecule has 0 radical (unpaired) electrons. The number of anilines is 2. The van der Waals surface area contributed by atoms with E-state index in [-0.39, 0.29) is 36.2 Å². The van der Waals surface area contributed by atoms with Crippen molar-refractivity contribution in [3.63, 3.8) is 0 Å². The lowest BCUT2D eigenvalue weighted by atomic mass is 9.56. The van der Waals surface area contributed by atoms with Gasteiger partial charge in [-0.2, -0.15) is 0 Å². The number of hydrogen-bond donors (Lipinski definition) is 8. The molecule has 1 aromatic rings. The van der Waals surface area contributed by atoms with Gasteiger partial charge in [0.05, 0.1) is 23.7 Å². The number of nitrogens with zero attached hydrogens (tertiary/aromatic N) is 2. The summed E-state index contributed by atoms with van der Waals surface area (Å²) >= 11 is 0. The number of phenolic OH excluding ortho intramolecular Hbond substituents is 1. The van der Waals surface area contributed by atoms with Gasteiger partial charge in [-0.25, -0.2) is 0 Å². The number of phenols is 1. The van der Waals surface area contributed by atoms with Crippen LogP contribution in [0.1, 0.15) is 38.3 Å². The molecule has 4 rings (SSSR count). The standard InChI is InChI=1S/C29H39N5O9/c1-27(2,3)31-11-17(35)32-14-10-15(33(4)5)13-8-12-9-16-28(42,23(38)18(12)22(37)19(13)21(14)36)24(39)20(26(30)41)25(40)29(16,43)34(6)7/h10,12,16,31,36-37,40,42-43H,8-9,11H2,1-7H3,(H2,30,41)(H,32,35)/t12-,16+,28-,29?/m0/s1. The quantitative estimate of drug-likeness (QED) is 0.0908. The van der Waals surface area contributed by atoms with E-state index in [4.69, 9.17) is 5.73 Å². The van der Waals surface area contributed by atoms with E-state index >= 15 is 0 Å². The van der Waals surface area contributed by atoms with Gasteiger partial charge in [-0.15, -0.1) is 0 Å². The molecule has 14 nitrogen and oxygen atoms in total. The molecule has 9 N–H and O–H groups in total. The highest BCUT2D eigenvalue weighted by Gasteiger charge is 2.70. The molecule has 3 aliphatic rings. The Hall–Kier alpha value is -3.98. The van der Waals surface area contributed by atoms with Crippen molar-refractivity contribution in [1.29, 1.82) is 0 Å². The summed E-state index contributed by atoms with van der Waals surface area (Å²) < 4.78 is 0. The van der Waals surface area contributed by atoms with Gasteiger partial charge in [-0.3, -0.25) is 24.1 Å². The van der Waals surface area contributed by atoms with Crippen LogP contribution in [0.5, 0.6) is 5.75 Å². The number of amides is 2. The van der Waals surface area contributed by atoms with Crippen molar-refractivity contribution >= 4 is 40.5 Å². The second kappa shape index (κ2) is 10.3. The lowest BCUT2D eigenvalue weighted by molar-refractivity contribution is -0.204. The van der Waals surface area contributed by atoms with E-state index in [9.17, 15) is 44.7 Å². The van der Waals surface area contributed by atoms with Crippen LogP contribution in [0, 0.1) is 11.8 Å². The van der Waals surface area contributed by atoms with Crippen LogP contribution in [0.4, 0.5) is 11.4 Å². The van der Waals surface area contributed by atoms with Crippen molar-refractivity contribution in [3.8, 4) is 5.75 Å². The highest BCUT2D eigenvalue weighted by atomic mass is 16.4. The predicted octanol–water partition coefficient (Wildman–Crippen LogP) is -0.323. The first-order valence-corrected chi connectivity index (χ1v) is 13.7. The number of fused-ring (bicyclic) bond motifs is 3. The van der Waals surface area contributed by atoms with E-state index < -0.39 is 75.0 Å². The van der Waals surface area contributed by atoms with Crippen molar-refractivity contribution in [2.24, 2.45) is 17.6 Å². The summed E-state index contributed by atoms with van der Waals surface area (Å²) in [7, 11) is 6.06. The second-order valence-electron chi connectivity index (χ2n) is 12.8. The third-order valence-electron chi connectivity index (χ3n) is 8.46. The molecule has 0 aliphatic heterocycles. The molecule has 0 aromatic heterocycles. The van der Waals surface area contributed by atoms with E-state index in [1.54, 1.807) is 19.0 Å². The first kappa shape index (κ1) is 31.9. The van der Waals surface area contributed by atoms with Gasteiger partial charge in [0.15, 0.2) is 17.1 Å². The number of rotatable bonds is 6. The van der Waals surface area contributed by atoms with Gasteiger partial charge < -0.3 is 46.8 Å². The number of Topliss-reactive ketones (excluding diaryl/α,β-unsaturated/α-hetero) is 2.